The minimum Gasteiger partial charge on any atom is -0.455 e. The molecule has 8 rings (SSSR count). The Kier molecular flexibility index (Phi) is 10.5. The number of hydrogen-bond donors (Lipinski definition) is 2. The van der Waals surface area contributed by atoms with Crippen molar-refractivity contribution in [1.29, 1.82) is 0 Å². The summed E-state index contributed by atoms with van der Waals surface area (Å²) in [5.41, 5.74) is 8.04. The van der Waals surface area contributed by atoms with Gasteiger partial charge in [0.25, 0.3) is 5.91 Å². The van der Waals surface area contributed by atoms with Gasteiger partial charge in [0.1, 0.15) is 17.3 Å². The van der Waals surface area contributed by atoms with Gasteiger partial charge in [-0.1, -0.05) is 50.2 Å². The monoisotopic (exact) mass is 779 g/mol. The van der Waals surface area contributed by atoms with Gasteiger partial charge in [-0.3, -0.25) is 24.8 Å². The normalized spacial score (nSPS) is 20.1. The van der Waals surface area contributed by atoms with Crippen LogP contribution in [0.15, 0.2) is 90.0 Å². The number of benzene rings is 3. The summed E-state index contributed by atoms with van der Waals surface area (Å²) in [5, 5.41) is 9.43. The number of piperazine rings is 1. The van der Waals surface area contributed by atoms with Gasteiger partial charge in [-0.25, -0.2) is 18.3 Å². The Hall–Kier alpha value is -4.62. The predicted octanol–water partition coefficient (Wildman–Crippen LogP) is 7.69. The molecule has 0 radical (unpaired) electrons. The number of nitrogens with zero attached hydrogens (tertiary/aromatic N) is 4. The third-order valence-corrected chi connectivity index (χ3v) is 13.6. The lowest BCUT2D eigenvalue weighted by Gasteiger charge is -2.58. The molecule has 0 unspecified atom stereocenters. The molecule has 3 heterocycles. The number of allylic oxidation sites excluding steroid dienone is 1. The standard InChI is InChI=1S/C44H50FN5O5S/c1-29(2)35-6-4-5-7-36(35)41-28-48(27-30-8-11-34(12-9-30)56(3,53)54)20-21-50(41)32-24-44(25-32)16-18-49(19-17-44)31-10-13-37(43(51)47-52)42(22-31)55-33-23-38-39(45)14-15-40(38)46-26-33/h4-14,22-23,26,29,32,41,52H,15-21,24-25,27-28H2,1-3H3,(H,47,51)/t41-/m0/s1. The molecule has 3 fully saturated rings. The molecule has 2 N–H and O–H groups in total. The third kappa shape index (κ3) is 7.72. The summed E-state index contributed by atoms with van der Waals surface area (Å²) >= 11 is 0. The van der Waals surface area contributed by atoms with E-state index in [1.165, 1.54) is 29.7 Å². The summed E-state index contributed by atoms with van der Waals surface area (Å²) in [4.78, 5) is 24.9. The van der Waals surface area contributed by atoms with Crippen molar-refractivity contribution in [2.24, 2.45) is 5.41 Å². The van der Waals surface area contributed by atoms with Crippen molar-refractivity contribution in [2.45, 2.75) is 75.4 Å². The predicted molar refractivity (Wildman–Crippen MR) is 215 cm³/mol. The van der Waals surface area contributed by atoms with Crippen LogP contribution >= 0.6 is 0 Å². The Balaban J connectivity index is 0.948. The molecule has 0 bridgehead atoms. The van der Waals surface area contributed by atoms with E-state index in [-0.39, 0.29) is 28.6 Å². The summed E-state index contributed by atoms with van der Waals surface area (Å²) in [5.74, 6) is -0.0415. The lowest BCUT2D eigenvalue weighted by Crippen LogP contribution is -2.60. The lowest BCUT2D eigenvalue weighted by atomic mass is 9.59. The zero-order valence-electron chi connectivity index (χ0n) is 32.2. The number of hydroxylamine groups is 1. The number of amides is 1. The number of halogens is 1. The number of sulfone groups is 1. The molecule has 2 saturated heterocycles. The highest BCUT2D eigenvalue weighted by Crippen LogP contribution is 2.53. The van der Waals surface area contributed by atoms with Crippen LogP contribution < -0.4 is 15.1 Å². The fourth-order valence-electron chi connectivity index (χ4n) is 9.34. The van der Waals surface area contributed by atoms with Crippen LogP contribution in [0.25, 0.3) is 5.83 Å². The van der Waals surface area contributed by atoms with Gasteiger partial charge in [-0.2, -0.15) is 0 Å². The SMILES string of the molecule is CC(C)c1ccccc1[C@@H]1CN(Cc2ccc(S(C)(=O)=O)cc2)CCN1C1CC2(CCN(c3ccc(C(=O)NO)c(Oc4cnc5c(c4)C(F)=CC5)c3)CC2)C1. The first-order valence-corrected chi connectivity index (χ1v) is 21.5. The molecular weight excluding hydrogens is 730 g/mol. The van der Waals surface area contributed by atoms with E-state index >= 15 is 0 Å². The third-order valence-electron chi connectivity index (χ3n) is 12.5. The van der Waals surface area contributed by atoms with Gasteiger partial charge in [0.2, 0.25) is 0 Å². The molecule has 294 valence electrons. The van der Waals surface area contributed by atoms with E-state index in [2.05, 4.69) is 57.8 Å². The number of ether oxygens (including phenoxy) is 1. The maximum absolute atomic E-state index is 14.3. The zero-order valence-corrected chi connectivity index (χ0v) is 33.1. The zero-order chi connectivity index (χ0) is 39.2. The Morgan fingerprint density at radius 3 is 2.48 bits per heavy atom. The molecule has 56 heavy (non-hydrogen) atoms. The molecule has 1 saturated carbocycles. The fraction of sp³-hybridized carbons (Fsp3) is 0.409. The Morgan fingerprint density at radius 1 is 1.02 bits per heavy atom. The second-order valence-corrected chi connectivity index (χ2v) is 18.4. The summed E-state index contributed by atoms with van der Waals surface area (Å²) in [6.07, 6.45) is 9.15. The van der Waals surface area contributed by atoms with Crippen molar-refractivity contribution in [1.82, 2.24) is 20.3 Å². The number of rotatable bonds is 10. The van der Waals surface area contributed by atoms with Gasteiger partial charge in [-0.05, 0) is 90.1 Å². The minimum absolute atomic E-state index is 0.168. The number of nitrogens with one attached hydrogen (secondary N) is 1. The Bertz CT molecular complexity index is 2250. The highest BCUT2D eigenvalue weighted by molar-refractivity contribution is 7.90. The van der Waals surface area contributed by atoms with Gasteiger partial charge < -0.3 is 9.64 Å². The fourth-order valence-corrected chi connectivity index (χ4v) is 9.97. The molecular formula is C44H50FN5O5S. The molecule has 12 heteroatoms. The topological polar surface area (TPSA) is 115 Å². The maximum atomic E-state index is 14.3. The molecule has 1 amide bonds. The quantitative estimate of drug-likeness (QED) is 0.124. The smallest absolute Gasteiger partial charge is 0.278 e. The van der Waals surface area contributed by atoms with Crippen molar-refractivity contribution in [2.75, 3.05) is 43.9 Å². The first-order chi connectivity index (χ1) is 26.9. The van der Waals surface area contributed by atoms with Crippen molar-refractivity contribution in [3.8, 4) is 11.5 Å². The van der Waals surface area contributed by atoms with Crippen LogP contribution in [0.1, 0.15) is 89.8 Å². The summed E-state index contributed by atoms with van der Waals surface area (Å²) < 4.78 is 44.6. The van der Waals surface area contributed by atoms with Crippen LogP contribution in [-0.2, 0) is 22.8 Å². The number of fused-ring (bicyclic) bond motifs is 1. The first-order valence-electron chi connectivity index (χ1n) is 19.6. The van der Waals surface area contributed by atoms with Gasteiger partial charge >= 0.3 is 0 Å². The van der Waals surface area contributed by atoms with E-state index in [0.29, 0.717) is 40.3 Å². The second-order valence-electron chi connectivity index (χ2n) is 16.4. The highest BCUT2D eigenvalue weighted by atomic mass is 32.2. The van der Waals surface area contributed by atoms with Gasteiger partial charge in [0.15, 0.2) is 9.84 Å². The van der Waals surface area contributed by atoms with Crippen molar-refractivity contribution < 1.29 is 27.5 Å². The molecule has 2 aliphatic carbocycles. The number of carbonyl (C=O) groups is 1. The number of carbonyl (C=O) groups excluding carboxylic acids is 1. The molecule has 1 aromatic heterocycles. The van der Waals surface area contributed by atoms with Crippen LogP contribution in [0.5, 0.6) is 11.5 Å². The van der Waals surface area contributed by atoms with Crippen LogP contribution in [-0.4, -0.2) is 79.3 Å². The highest BCUT2D eigenvalue weighted by Gasteiger charge is 2.50. The second kappa shape index (κ2) is 15.4. The van der Waals surface area contributed by atoms with E-state index in [4.69, 9.17) is 4.74 Å². The number of hydrogen-bond acceptors (Lipinski definition) is 9. The van der Waals surface area contributed by atoms with E-state index in [1.54, 1.807) is 29.7 Å². The molecule has 1 spiro atoms. The van der Waals surface area contributed by atoms with Crippen molar-refractivity contribution in [3.05, 3.63) is 119 Å². The van der Waals surface area contributed by atoms with Crippen LogP contribution in [0, 0.1) is 5.41 Å². The maximum Gasteiger partial charge on any atom is 0.278 e. The first kappa shape index (κ1) is 38.3. The summed E-state index contributed by atoms with van der Waals surface area (Å²) in [6.45, 7) is 9.91. The Labute approximate surface area is 328 Å². The van der Waals surface area contributed by atoms with E-state index in [9.17, 15) is 22.8 Å². The molecule has 1 atom stereocenters. The number of aromatic nitrogens is 1. The molecule has 4 aliphatic rings. The average Bonchev–Trinajstić information content (AvgIpc) is 3.56. The van der Waals surface area contributed by atoms with Crippen molar-refractivity contribution >= 4 is 27.3 Å². The number of pyridine rings is 1. The van der Waals surface area contributed by atoms with E-state index in [1.807, 2.05) is 24.3 Å². The Morgan fingerprint density at radius 2 is 1.77 bits per heavy atom. The summed E-state index contributed by atoms with van der Waals surface area (Å²) in [6, 6.07) is 24.0. The van der Waals surface area contributed by atoms with E-state index in [0.717, 1.165) is 76.2 Å². The number of anilines is 1. The average molecular weight is 780 g/mol. The molecule has 3 aromatic carbocycles. The molecule has 10 nitrogen and oxygen atoms in total. The van der Waals surface area contributed by atoms with E-state index < -0.39 is 15.7 Å². The lowest BCUT2D eigenvalue weighted by molar-refractivity contribution is -0.0628. The van der Waals surface area contributed by atoms with Crippen LogP contribution in [0.2, 0.25) is 0 Å². The van der Waals surface area contributed by atoms with Gasteiger partial charge in [0.05, 0.1) is 22.3 Å². The van der Waals surface area contributed by atoms with Crippen molar-refractivity contribution in [3.63, 3.8) is 0 Å². The summed E-state index contributed by atoms with van der Waals surface area (Å²) in [7, 11) is -3.24. The van der Waals surface area contributed by atoms with Crippen LogP contribution in [0.4, 0.5) is 10.1 Å². The van der Waals surface area contributed by atoms with Gasteiger partial charge in [0, 0.05) is 81.3 Å². The minimum atomic E-state index is -3.24. The van der Waals surface area contributed by atoms with Crippen LogP contribution in [0.3, 0.4) is 0 Å². The van der Waals surface area contributed by atoms with Gasteiger partial charge in [-0.15, -0.1) is 0 Å². The largest absolute Gasteiger partial charge is 0.455 e. The number of piperidine rings is 1. The molecule has 2 aliphatic heterocycles. The molecule has 4 aromatic rings.